The minimum absolute atomic E-state index is 0.182. The number of rotatable bonds is 5. The number of benzene rings is 2. The van der Waals surface area contributed by atoms with Gasteiger partial charge < -0.3 is 20.3 Å². The zero-order valence-electron chi connectivity index (χ0n) is 14.2. The molecule has 0 radical (unpaired) electrons. The number of nitrogens with zero attached hydrogens (tertiary/aromatic N) is 1. The third-order valence-corrected chi connectivity index (χ3v) is 4.39. The maximum atomic E-state index is 13.5. The van der Waals surface area contributed by atoms with Crippen molar-refractivity contribution in [3.63, 3.8) is 0 Å². The molecule has 0 aliphatic carbocycles. The highest BCUT2D eigenvalue weighted by atomic mass is 19.1. The summed E-state index contributed by atoms with van der Waals surface area (Å²) >= 11 is 0. The van der Waals surface area contributed by atoms with E-state index in [0.717, 1.165) is 30.9 Å². The molecule has 0 saturated carbocycles. The van der Waals surface area contributed by atoms with E-state index >= 15 is 0 Å². The molecule has 2 aromatic rings. The minimum Gasteiger partial charge on any atom is -0.495 e. The third kappa shape index (κ3) is 4.21. The van der Waals surface area contributed by atoms with Gasteiger partial charge in [0, 0.05) is 19.6 Å². The molecule has 132 valence electrons. The van der Waals surface area contributed by atoms with Crippen LogP contribution >= 0.6 is 0 Å². The largest absolute Gasteiger partial charge is 0.495 e. The fourth-order valence-corrected chi connectivity index (χ4v) is 3.08. The van der Waals surface area contributed by atoms with Crippen molar-refractivity contribution in [2.24, 2.45) is 5.92 Å². The average Bonchev–Trinajstić information content (AvgIpc) is 3.11. The molecule has 1 fully saturated rings. The number of para-hydroxylation sites is 3. The number of carbonyl (C=O) groups is 1. The lowest BCUT2D eigenvalue weighted by atomic mass is 10.1. The van der Waals surface area contributed by atoms with Crippen LogP contribution in [0.1, 0.15) is 6.42 Å². The van der Waals surface area contributed by atoms with Crippen LogP contribution in [0.2, 0.25) is 0 Å². The van der Waals surface area contributed by atoms with Gasteiger partial charge in [0.25, 0.3) is 0 Å². The Morgan fingerprint density at radius 2 is 2.00 bits per heavy atom. The highest BCUT2D eigenvalue weighted by Crippen LogP contribution is 2.31. The van der Waals surface area contributed by atoms with E-state index in [9.17, 15) is 9.18 Å². The molecule has 2 amide bonds. The summed E-state index contributed by atoms with van der Waals surface area (Å²) in [7, 11) is 1.67. The van der Waals surface area contributed by atoms with Gasteiger partial charge in [-0.1, -0.05) is 24.3 Å². The molecule has 0 spiro atoms. The predicted molar refractivity (Wildman–Crippen MR) is 96.7 cm³/mol. The molecular weight excluding hydrogens is 321 g/mol. The molecule has 1 saturated heterocycles. The van der Waals surface area contributed by atoms with Gasteiger partial charge >= 0.3 is 6.03 Å². The third-order valence-electron chi connectivity index (χ3n) is 4.39. The molecule has 3 rings (SSSR count). The molecule has 0 aromatic heterocycles. The molecule has 5 nitrogen and oxygen atoms in total. The van der Waals surface area contributed by atoms with Gasteiger partial charge in [0.2, 0.25) is 0 Å². The average molecular weight is 343 g/mol. The number of carbonyl (C=O) groups excluding carboxylic acids is 1. The summed E-state index contributed by atoms with van der Waals surface area (Å²) in [5, 5.41) is 5.36. The molecule has 2 N–H and O–H groups in total. The molecule has 1 aliphatic rings. The van der Waals surface area contributed by atoms with Gasteiger partial charge in [0.05, 0.1) is 18.5 Å². The summed E-state index contributed by atoms with van der Waals surface area (Å²) < 4.78 is 19.0. The van der Waals surface area contributed by atoms with Gasteiger partial charge in [-0.25, -0.2) is 9.18 Å². The van der Waals surface area contributed by atoms with Gasteiger partial charge in [0.1, 0.15) is 11.6 Å². The van der Waals surface area contributed by atoms with Crippen molar-refractivity contribution in [3.8, 4) is 5.75 Å². The topological polar surface area (TPSA) is 53.6 Å². The lowest BCUT2D eigenvalue weighted by Gasteiger charge is -2.21. The van der Waals surface area contributed by atoms with Crippen molar-refractivity contribution in [2.45, 2.75) is 6.42 Å². The molecule has 1 aliphatic heterocycles. The van der Waals surface area contributed by atoms with Crippen LogP contribution in [0.3, 0.4) is 0 Å². The van der Waals surface area contributed by atoms with E-state index in [1.54, 1.807) is 19.2 Å². The summed E-state index contributed by atoms with van der Waals surface area (Å²) in [6.07, 6.45) is 0.984. The predicted octanol–water partition coefficient (Wildman–Crippen LogP) is 3.48. The Morgan fingerprint density at radius 1 is 1.24 bits per heavy atom. The quantitative estimate of drug-likeness (QED) is 0.874. The van der Waals surface area contributed by atoms with Crippen molar-refractivity contribution in [2.75, 3.05) is 37.0 Å². The zero-order valence-corrected chi connectivity index (χ0v) is 14.2. The highest BCUT2D eigenvalue weighted by molar-refractivity contribution is 5.89. The summed E-state index contributed by atoms with van der Waals surface area (Å²) in [6.45, 7) is 2.31. The molecule has 25 heavy (non-hydrogen) atoms. The number of halogens is 1. The van der Waals surface area contributed by atoms with Crippen LogP contribution in [0.15, 0.2) is 48.5 Å². The maximum Gasteiger partial charge on any atom is 0.319 e. The van der Waals surface area contributed by atoms with Crippen molar-refractivity contribution >= 4 is 17.4 Å². The standard InChI is InChI=1S/C19H22FN3O2/c1-25-18-9-5-4-8-17(18)23-11-10-14(13-23)12-21-19(24)22-16-7-3-2-6-15(16)20/h2-9,14H,10-13H2,1H3,(H2,21,22,24)/t14-/m0/s1. The lowest BCUT2D eigenvalue weighted by molar-refractivity contribution is 0.250. The first kappa shape index (κ1) is 17.1. The fraction of sp³-hybridized carbons (Fsp3) is 0.316. The minimum atomic E-state index is -0.444. The first-order valence-corrected chi connectivity index (χ1v) is 8.34. The van der Waals surface area contributed by atoms with E-state index in [2.05, 4.69) is 15.5 Å². The molecule has 0 bridgehead atoms. The lowest BCUT2D eigenvalue weighted by Crippen LogP contribution is -2.34. The van der Waals surface area contributed by atoms with E-state index in [0.29, 0.717) is 12.5 Å². The summed E-state index contributed by atoms with van der Waals surface area (Å²) in [5.41, 5.74) is 1.25. The molecule has 1 atom stereocenters. The molecule has 1 heterocycles. The van der Waals surface area contributed by atoms with Crippen LogP contribution in [0.4, 0.5) is 20.6 Å². The number of amides is 2. The van der Waals surface area contributed by atoms with Crippen LogP contribution in [-0.4, -0.2) is 32.8 Å². The number of hydrogen-bond acceptors (Lipinski definition) is 3. The van der Waals surface area contributed by atoms with Crippen molar-refractivity contribution in [3.05, 3.63) is 54.3 Å². The van der Waals surface area contributed by atoms with Crippen LogP contribution in [0.5, 0.6) is 5.75 Å². The molecule has 2 aromatic carbocycles. The smallest absolute Gasteiger partial charge is 0.319 e. The number of urea groups is 1. The van der Waals surface area contributed by atoms with Gasteiger partial charge in [-0.05, 0) is 36.6 Å². The molecule has 0 unspecified atom stereocenters. The number of ether oxygens (including phenoxy) is 1. The van der Waals surface area contributed by atoms with Crippen LogP contribution < -0.4 is 20.3 Å². The van der Waals surface area contributed by atoms with E-state index in [4.69, 9.17) is 4.74 Å². The van der Waals surface area contributed by atoms with Crippen LogP contribution in [0.25, 0.3) is 0 Å². The normalized spacial score (nSPS) is 16.6. The van der Waals surface area contributed by atoms with E-state index in [1.165, 1.54) is 12.1 Å². The zero-order chi connectivity index (χ0) is 17.6. The van der Waals surface area contributed by atoms with Crippen molar-refractivity contribution in [1.29, 1.82) is 0 Å². The summed E-state index contributed by atoms with van der Waals surface area (Å²) in [6, 6.07) is 13.7. The monoisotopic (exact) mass is 343 g/mol. The second-order valence-electron chi connectivity index (χ2n) is 6.09. The van der Waals surface area contributed by atoms with E-state index in [1.807, 2.05) is 24.3 Å². The molecule has 6 heteroatoms. The number of hydrogen-bond donors (Lipinski definition) is 2. The Kier molecular flexibility index (Phi) is 5.38. The maximum absolute atomic E-state index is 13.5. The second-order valence-corrected chi connectivity index (χ2v) is 6.09. The van der Waals surface area contributed by atoms with Gasteiger partial charge in [-0.2, -0.15) is 0 Å². The number of anilines is 2. The van der Waals surface area contributed by atoms with Crippen LogP contribution in [-0.2, 0) is 0 Å². The Morgan fingerprint density at radius 3 is 2.80 bits per heavy atom. The first-order chi connectivity index (χ1) is 12.2. The van der Waals surface area contributed by atoms with E-state index < -0.39 is 5.82 Å². The Balaban J connectivity index is 1.50. The number of nitrogens with one attached hydrogen (secondary N) is 2. The van der Waals surface area contributed by atoms with Gasteiger partial charge in [0.15, 0.2) is 0 Å². The summed E-state index contributed by atoms with van der Waals surface area (Å²) in [5.74, 6) is 0.755. The fourth-order valence-electron chi connectivity index (χ4n) is 3.08. The Hall–Kier alpha value is -2.76. The SMILES string of the molecule is COc1ccccc1N1CC[C@@H](CNC(=O)Nc2ccccc2F)C1. The summed E-state index contributed by atoms with van der Waals surface area (Å²) in [4.78, 5) is 14.2. The highest BCUT2D eigenvalue weighted by Gasteiger charge is 2.24. The number of methoxy groups -OCH3 is 1. The van der Waals surface area contributed by atoms with E-state index in [-0.39, 0.29) is 11.7 Å². The molecular formula is C19H22FN3O2. The van der Waals surface area contributed by atoms with Gasteiger partial charge in [-0.15, -0.1) is 0 Å². The van der Waals surface area contributed by atoms with Crippen molar-refractivity contribution < 1.29 is 13.9 Å². The Labute approximate surface area is 146 Å². The second kappa shape index (κ2) is 7.88. The van der Waals surface area contributed by atoms with Crippen LogP contribution in [0, 0.1) is 11.7 Å². The van der Waals surface area contributed by atoms with Gasteiger partial charge in [-0.3, -0.25) is 0 Å². The van der Waals surface area contributed by atoms with Crippen molar-refractivity contribution in [1.82, 2.24) is 5.32 Å². The first-order valence-electron chi connectivity index (χ1n) is 8.34. The Bertz CT molecular complexity index is 738.